The summed E-state index contributed by atoms with van der Waals surface area (Å²) in [6, 6.07) is 7.91. The Morgan fingerprint density at radius 1 is 1.29 bits per heavy atom. The number of para-hydroxylation sites is 1. The van der Waals surface area contributed by atoms with Crippen LogP contribution in [0.5, 0.6) is 0 Å². The van der Waals surface area contributed by atoms with Crippen molar-refractivity contribution in [1.29, 1.82) is 0 Å². The van der Waals surface area contributed by atoms with E-state index >= 15 is 0 Å². The number of hydrogen-bond acceptors (Lipinski definition) is 3. The van der Waals surface area contributed by atoms with Crippen molar-refractivity contribution in [3.63, 3.8) is 0 Å². The van der Waals surface area contributed by atoms with Gasteiger partial charge in [-0.05, 0) is 44.2 Å². The summed E-state index contributed by atoms with van der Waals surface area (Å²) in [6.07, 6.45) is 2.40. The summed E-state index contributed by atoms with van der Waals surface area (Å²) in [7, 11) is 0. The maximum Gasteiger partial charge on any atom is 0.325 e. The third-order valence-corrected chi connectivity index (χ3v) is 5.27. The van der Waals surface area contributed by atoms with Gasteiger partial charge in [-0.2, -0.15) is 0 Å². The zero-order valence-electron chi connectivity index (χ0n) is 14.2. The molecule has 0 aliphatic heterocycles. The highest BCUT2D eigenvalue weighted by Crippen LogP contribution is 2.42. The first-order chi connectivity index (χ1) is 11.5. The highest BCUT2D eigenvalue weighted by Gasteiger charge is 2.41. The Balaban J connectivity index is 2.10. The van der Waals surface area contributed by atoms with Crippen molar-refractivity contribution in [2.75, 3.05) is 6.61 Å². The van der Waals surface area contributed by atoms with E-state index in [4.69, 9.17) is 4.74 Å². The van der Waals surface area contributed by atoms with Gasteiger partial charge < -0.3 is 14.4 Å². The first-order valence-electron chi connectivity index (χ1n) is 8.50. The van der Waals surface area contributed by atoms with Crippen LogP contribution in [0.2, 0.25) is 0 Å². The Morgan fingerprint density at radius 2 is 2.04 bits per heavy atom. The van der Waals surface area contributed by atoms with E-state index < -0.39 is 11.4 Å². The second-order valence-corrected chi connectivity index (χ2v) is 6.45. The number of carbonyl (C=O) groups excluding carboxylic acids is 1. The fourth-order valence-electron chi connectivity index (χ4n) is 3.85. The molecule has 1 atom stereocenters. The van der Waals surface area contributed by atoms with E-state index in [1.165, 1.54) is 0 Å². The number of nitrogens with zero attached hydrogens (tertiary/aromatic N) is 1. The van der Waals surface area contributed by atoms with Gasteiger partial charge >= 0.3 is 11.9 Å². The van der Waals surface area contributed by atoms with Gasteiger partial charge in [0.15, 0.2) is 0 Å². The van der Waals surface area contributed by atoms with E-state index in [1.54, 1.807) is 6.92 Å². The number of esters is 1. The minimum absolute atomic E-state index is 0.176. The number of ether oxygens (including phenoxy) is 1. The van der Waals surface area contributed by atoms with E-state index in [-0.39, 0.29) is 12.5 Å². The van der Waals surface area contributed by atoms with Crippen LogP contribution < -0.4 is 0 Å². The molecular weight excluding hydrogens is 306 g/mol. The predicted octanol–water partition coefficient (Wildman–Crippen LogP) is 3.17. The molecule has 5 heteroatoms. The largest absolute Gasteiger partial charge is 0.481 e. The first-order valence-corrected chi connectivity index (χ1v) is 8.50. The lowest BCUT2D eigenvalue weighted by molar-refractivity contribution is -0.150. The van der Waals surface area contributed by atoms with Crippen LogP contribution in [0, 0.1) is 5.41 Å². The molecule has 1 aliphatic carbocycles. The molecule has 24 heavy (non-hydrogen) atoms. The number of rotatable bonds is 5. The maximum atomic E-state index is 12.0. The van der Waals surface area contributed by atoms with Crippen LogP contribution in [0.3, 0.4) is 0 Å². The van der Waals surface area contributed by atoms with Gasteiger partial charge in [0, 0.05) is 16.6 Å². The second-order valence-electron chi connectivity index (χ2n) is 6.45. The van der Waals surface area contributed by atoms with Gasteiger partial charge in [0.05, 0.1) is 12.0 Å². The fraction of sp³-hybridized carbons (Fsp3) is 0.474. The summed E-state index contributed by atoms with van der Waals surface area (Å²) >= 11 is 0. The molecule has 1 unspecified atom stereocenters. The quantitative estimate of drug-likeness (QED) is 0.856. The van der Waals surface area contributed by atoms with Gasteiger partial charge in [-0.1, -0.05) is 25.1 Å². The van der Waals surface area contributed by atoms with E-state index in [1.807, 2.05) is 35.8 Å². The van der Waals surface area contributed by atoms with Crippen LogP contribution in [0.1, 0.15) is 37.9 Å². The lowest BCUT2D eigenvalue weighted by Gasteiger charge is -2.33. The van der Waals surface area contributed by atoms with Crippen LogP contribution in [-0.4, -0.2) is 28.2 Å². The summed E-state index contributed by atoms with van der Waals surface area (Å²) in [6.45, 7) is 4.27. The smallest absolute Gasteiger partial charge is 0.325 e. The topological polar surface area (TPSA) is 68.5 Å². The molecule has 0 bridgehead atoms. The predicted molar refractivity (Wildman–Crippen MR) is 91.0 cm³/mol. The van der Waals surface area contributed by atoms with Crippen LogP contribution >= 0.6 is 0 Å². The molecule has 128 valence electrons. The number of carboxylic acids is 1. The standard InChI is InChI=1S/C19H23NO4/c1-3-19(18(22)23)10-9-16-14(11-19)13-7-5-6-8-15(13)20(16)12-17(21)24-4-2/h5-8H,3-4,9-12H2,1-2H3,(H,22,23). The van der Waals surface area contributed by atoms with Gasteiger partial charge in [-0.25, -0.2) is 0 Å². The van der Waals surface area contributed by atoms with Gasteiger partial charge in [-0.3, -0.25) is 9.59 Å². The maximum absolute atomic E-state index is 12.0. The van der Waals surface area contributed by atoms with Crippen LogP contribution in [0.15, 0.2) is 24.3 Å². The third-order valence-electron chi connectivity index (χ3n) is 5.27. The number of carbonyl (C=O) groups is 2. The Morgan fingerprint density at radius 3 is 2.71 bits per heavy atom. The summed E-state index contributed by atoms with van der Waals surface area (Å²) < 4.78 is 7.11. The normalized spacial score (nSPS) is 19.9. The molecule has 0 amide bonds. The first kappa shape index (κ1) is 16.6. The molecule has 1 N–H and O–H groups in total. The molecule has 0 saturated carbocycles. The van der Waals surface area contributed by atoms with Crippen LogP contribution in [0.25, 0.3) is 10.9 Å². The van der Waals surface area contributed by atoms with E-state index in [0.717, 1.165) is 22.2 Å². The third kappa shape index (κ3) is 2.58. The average Bonchev–Trinajstić information content (AvgIpc) is 2.88. The van der Waals surface area contributed by atoms with Crippen molar-refractivity contribution in [2.45, 2.75) is 46.1 Å². The highest BCUT2D eigenvalue weighted by molar-refractivity contribution is 5.88. The lowest BCUT2D eigenvalue weighted by atomic mass is 9.71. The van der Waals surface area contributed by atoms with Crippen molar-refractivity contribution < 1.29 is 19.4 Å². The number of aromatic nitrogens is 1. The highest BCUT2D eigenvalue weighted by atomic mass is 16.5. The van der Waals surface area contributed by atoms with Gasteiger partial charge in [-0.15, -0.1) is 0 Å². The molecule has 0 spiro atoms. The summed E-state index contributed by atoms with van der Waals surface area (Å²) in [5.41, 5.74) is 2.43. The molecule has 1 aromatic carbocycles. The molecular formula is C19H23NO4. The van der Waals surface area contributed by atoms with E-state index in [0.29, 0.717) is 32.3 Å². The van der Waals surface area contributed by atoms with Crippen molar-refractivity contribution in [3.8, 4) is 0 Å². The van der Waals surface area contributed by atoms with Gasteiger partial charge in [0.25, 0.3) is 0 Å². The molecule has 0 saturated heterocycles. The average molecular weight is 329 g/mol. The summed E-state index contributed by atoms with van der Waals surface area (Å²) in [5.74, 6) is -0.982. The van der Waals surface area contributed by atoms with Crippen molar-refractivity contribution in [2.24, 2.45) is 5.41 Å². The lowest BCUT2D eigenvalue weighted by Crippen LogP contribution is -2.36. The number of hydrogen-bond donors (Lipinski definition) is 1. The van der Waals surface area contributed by atoms with Crippen molar-refractivity contribution >= 4 is 22.8 Å². The van der Waals surface area contributed by atoms with E-state index in [9.17, 15) is 14.7 Å². The number of aliphatic carboxylic acids is 1. The Hall–Kier alpha value is -2.30. The molecule has 0 radical (unpaired) electrons. The SMILES string of the molecule is CCOC(=O)Cn1c2c(c3ccccc31)CC(CC)(C(=O)O)CC2. The zero-order chi connectivity index (χ0) is 17.3. The Kier molecular flexibility index (Phi) is 4.35. The minimum atomic E-state index is -0.724. The van der Waals surface area contributed by atoms with Gasteiger partial charge in [0.1, 0.15) is 6.54 Å². The van der Waals surface area contributed by atoms with E-state index in [2.05, 4.69) is 0 Å². The fourth-order valence-corrected chi connectivity index (χ4v) is 3.85. The Labute approximate surface area is 141 Å². The summed E-state index contributed by atoms with van der Waals surface area (Å²) in [4.78, 5) is 23.8. The van der Waals surface area contributed by atoms with Gasteiger partial charge in [0.2, 0.25) is 0 Å². The molecule has 1 aliphatic rings. The van der Waals surface area contributed by atoms with Crippen LogP contribution in [-0.2, 0) is 33.7 Å². The van der Waals surface area contributed by atoms with Crippen molar-refractivity contribution in [3.05, 3.63) is 35.5 Å². The number of fused-ring (bicyclic) bond motifs is 3. The number of benzene rings is 1. The zero-order valence-corrected chi connectivity index (χ0v) is 14.2. The molecule has 0 fully saturated rings. The van der Waals surface area contributed by atoms with Crippen molar-refractivity contribution in [1.82, 2.24) is 4.57 Å². The Bertz CT molecular complexity index is 792. The summed E-state index contributed by atoms with van der Waals surface area (Å²) in [5, 5.41) is 10.8. The monoisotopic (exact) mass is 329 g/mol. The molecule has 5 nitrogen and oxygen atoms in total. The minimum Gasteiger partial charge on any atom is -0.481 e. The molecule has 2 aromatic rings. The molecule has 1 aromatic heterocycles. The van der Waals surface area contributed by atoms with Crippen LogP contribution in [0.4, 0.5) is 0 Å². The second kappa shape index (κ2) is 6.30. The molecule has 3 rings (SSSR count). The number of carboxylic acid groups (broad SMARTS) is 1. The molecule has 1 heterocycles.